The number of aromatic nitrogens is 1. The topological polar surface area (TPSA) is 91.9 Å². The summed E-state index contributed by atoms with van der Waals surface area (Å²) in [5.41, 5.74) is 3.23. The van der Waals surface area contributed by atoms with Crippen LogP contribution in [0.2, 0.25) is 0 Å². The Balaban J connectivity index is 1.67. The number of H-pyrrole nitrogens is 1. The number of aliphatic hydroxyl groups is 1. The molecule has 2 N–H and O–H groups in total. The standard InChI is InChI=1S/C25H24N2O5/c1-31-12-10-27-22(18-14-26-19-7-3-2-6-17(18)19)21(24(29)25(27)30)23(28)16-8-9-20-15(13-16)5-4-11-32-20/h2-3,6-9,13-14,22,26,28H,4-5,10-12H2,1H3/b23-21+. The SMILES string of the molecule is COCCN1C(=O)C(=O)/C(=C(/O)c2ccc3c(c2)CCCO3)C1c1c[nH]c2ccccc12. The fourth-order valence-corrected chi connectivity index (χ4v) is 4.61. The van der Waals surface area contributed by atoms with E-state index in [1.165, 1.54) is 4.90 Å². The summed E-state index contributed by atoms with van der Waals surface area (Å²) in [4.78, 5) is 30.8. The van der Waals surface area contributed by atoms with Gasteiger partial charge in [-0.25, -0.2) is 0 Å². The van der Waals surface area contributed by atoms with Crippen LogP contribution in [0.3, 0.4) is 0 Å². The van der Waals surface area contributed by atoms with Gasteiger partial charge < -0.3 is 24.5 Å². The van der Waals surface area contributed by atoms with Crippen molar-refractivity contribution in [2.45, 2.75) is 18.9 Å². The number of likely N-dealkylation sites (tertiary alicyclic amines) is 1. The number of rotatable bonds is 5. The van der Waals surface area contributed by atoms with Gasteiger partial charge in [-0.15, -0.1) is 0 Å². The molecule has 2 aliphatic rings. The molecule has 1 aromatic heterocycles. The van der Waals surface area contributed by atoms with Gasteiger partial charge in [0.2, 0.25) is 0 Å². The zero-order chi connectivity index (χ0) is 22.2. The molecule has 0 aliphatic carbocycles. The lowest BCUT2D eigenvalue weighted by Crippen LogP contribution is -2.32. The van der Waals surface area contributed by atoms with Gasteiger partial charge >= 0.3 is 0 Å². The lowest BCUT2D eigenvalue weighted by atomic mass is 9.93. The molecule has 3 heterocycles. The third-order valence-corrected chi connectivity index (χ3v) is 6.17. The molecule has 1 unspecified atom stereocenters. The lowest BCUT2D eigenvalue weighted by molar-refractivity contribution is -0.140. The normalized spacial score (nSPS) is 19.9. The van der Waals surface area contributed by atoms with Crippen molar-refractivity contribution >= 4 is 28.4 Å². The van der Waals surface area contributed by atoms with E-state index < -0.39 is 17.7 Å². The number of amides is 1. The Morgan fingerprint density at radius 2 is 2.09 bits per heavy atom. The highest BCUT2D eigenvalue weighted by atomic mass is 16.5. The smallest absolute Gasteiger partial charge is 0.295 e. The van der Waals surface area contributed by atoms with Crippen LogP contribution in [0.25, 0.3) is 16.7 Å². The number of methoxy groups -OCH3 is 1. The van der Waals surface area contributed by atoms with Crippen LogP contribution in [-0.2, 0) is 20.7 Å². The van der Waals surface area contributed by atoms with Gasteiger partial charge in [-0.05, 0) is 42.7 Å². The maximum atomic E-state index is 13.1. The number of Topliss-reactive ketones (excluding diaryl/α,β-unsaturated/α-hetero) is 1. The first-order chi connectivity index (χ1) is 15.6. The maximum Gasteiger partial charge on any atom is 0.295 e. The van der Waals surface area contributed by atoms with E-state index in [2.05, 4.69) is 4.98 Å². The summed E-state index contributed by atoms with van der Waals surface area (Å²) in [5.74, 6) is -0.712. The Morgan fingerprint density at radius 1 is 1.25 bits per heavy atom. The fraction of sp³-hybridized carbons (Fsp3) is 0.280. The van der Waals surface area contributed by atoms with Gasteiger partial charge in [-0.3, -0.25) is 9.59 Å². The summed E-state index contributed by atoms with van der Waals surface area (Å²) in [7, 11) is 1.55. The molecule has 2 aliphatic heterocycles. The molecular weight excluding hydrogens is 408 g/mol. The van der Waals surface area contributed by atoms with Gasteiger partial charge in [-0.1, -0.05) is 18.2 Å². The molecule has 164 valence electrons. The first-order valence-corrected chi connectivity index (χ1v) is 10.7. The van der Waals surface area contributed by atoms with Crippen molar-refractivity contribution in [1.29, 1.82) is 0 Å². The van der Waals surface area contributed by atoms with Crippen molar-refractivity contribution in [2.24, 2.45) is 0 Å². The monoisotopic (exact) mass is 432 g/mol. The second-order valence-corrected chi connectivity index (χ2v) is 8.05. The molecule has 2 aromatic carbocycles. The number of benzene rings is 2. The summed E-state index contributed by atoms with van der Waals surface area (Å²) in [6.07, 6.45) is 3.54. The molecule has 7 nitrogen and oxygen atoms in total. The first-order valence-electron chi connectivity index (χ1n) is 10.7. The number of nitrogens with zero attached hydrogens (tertiary/aromatic N) is 1. The lowest BCUT2D eigenvalue weighted by Gasteiger charge is -2.24. The van der Waals surface area contributed by atoms with Crippen LogP contribution in [-0.4, -0.2) is 53.5 Å². The molecule has 32 heavy (non-hydrogen) atoms. The van der Waals surface area contributed by atoms with Crippen LogP contribution in [0.5, 0.6) is 5.75 Å². The van der Waals surface area contributed by atoms with Gasteiger partial charge in [0.25, 0.3) is 11.7 Å². The minimum atomic E-state index is -0.714. The number of aryl methyl sites for hydroxylation is 1. The van der Waals surface area contributed by atoms with Gasteiger partial charge in [0, 0.05) is 41.9 Å². The number of fused-ring (bicyclic) bond motifs is 2. The van der Waals surface area contributed by atoms with Crippen LogP contribution in [0.15, 0.2) is 54.2 Å². The Bertz CT molecular complexity index is 1240. The highest BCUT2D eigenvalue weighted by molar-refractivity contribution is 6.46. The van der Waals surface area contributed by atoms with Gasteiger partial charge in [0.1, 0.15) is 11.5 Å². The van der Waals surface area contributed by atoms with E-state index in [1.54, 1.807) is 19.4 Å². The highest BCUT2D eigenvalue weighted by Gasteiger charge is 2.46. The first kappa shape index (κ1) is 20.3. The summed E-state index contributed by atoms with van der Waals surface area (Å²) < 4.78 is 10.8. The van der Waals surface area contributed by atoms with Crippen LogP contribution in [0.4, 0.5) is 0 Å². The van der Waals surface area contributed by atoms with E-state index in [4.69, 9.17) is 9.47 Å². The maximum absolute atomic E-state index is 13.1. The second kappa shape index (κ2) is 8.16. The van der Waals surface area contributed by atoms with Crippen molar-refractivity contribution in [2.75, 3.05) is 26.9 Å². The quantitative estimate of drug-likeness (QED) is 0.365. The Kier molecular flexibility index (Phi) is 5.19. The number of para-hydroxylation sites is 1. The molecule has 0 radical (unpaired) electrons. The van der Waals surface area contributed by atoms with Gasteiger partial charge in [0.15, 0.2) is 0 Å². The summed E-state index contributed by atoms with van der Waals surface area (Å²) in [6.45, 7) is 1.19. The largest absolute Gasteiger partial charge is 0.507 e. The minimum Gasteiger partial charge on any atom is -0.507 e. The molecule has 3 aromatic rings. The third kappa shape index (κ3) is 3.26. The molecule has 0 bridgehead atoms. The average molecular weight is 432 g/mol. The number of ketones is 1. The number of hydrogen-bond acceptors (Lipinski definition) is 5. The van der Waals surface area contributed by atoms with Crippen LogP contribution in [0, 0.1) is 0 Å². The Labute approximate surface area is 185 Å². The molecular formula is C25H24N2O5. The van der Waals surface area contributed by atoms with Crippen molar-refractivity contribution < 1.29 is 24.2 Å². The van der Waals surface area contributed by atoms with Gasteiger partial charge in [-0.2, -0.15) is 0 Å². The van der Waals surface area contributed by atoms with Crippen molar-refractivity contribution in [1.82, 2.24) is 9.88 Å². The zero-order valence-corrected chi connectivity index (χ0v) is 17.8. The van der Waals surface area contributed by atoms with E-state index in [9.17, 15) is 14.7 Å². The number of carbonyl (C=O) groups excluding carboxylic acids is 2. The van der Waals surface area contributed by atoms with Crippen molar-refractivity contribution in [3.63, 3.8) is 0 Å². The predicted octanol–water partition coefficient (Wildman–Crippen LogP) is 3.56. The van der Waals surface area contributed by atoms with E-state index in [0.29, 0.717) is 12.2 Å². The zero-order valence-electron chi connectivity index (χ0n) is 17.8. The van der Waals surface area contributed by atoms with E-state index >= 15 is 0 Å². The van der Waals surface area contributed by atoms with E-state index in [-0.39, 0.29) is 24.5 Å². The number of ether oxygens (including phenoxy) is 2. The van der Waals surface area contributed by atoms with Gasteiger partial charge in [0.05, 0.1) is 24.8 Å². The summed E-state index contributed by atoms with van der Waals surface area (Å²) in [5, 5.41) is 12.2. The number of aliphatic hydroxyl groups excluding tert-OH is 1. The minimum absolute atomic E-state index is 0.0903. The van der Waals surface area contributed by atoms with Crippen LogP contribution in [0.1, 0.15) is 29.2 Å². The summed E-state index contributed by atoms with van der Waals surface area (Å²) in [6, 6.07) is 12.4. The molecule has 1 fully saturated rings. The van der Waals surface area contributed by atoms with E-state index in [0.717, 1.165) is 40.6 Å². The Hall–Kier alpha value is -3.58. The van der Waals surface area contributed by atoms with E-state index in [1.807, 2.05) is 36.4 Å². The molecule has 5 rings (SSSR count). The third-order valence-electron chi connectivity index (χ3n) is 6.17. The predicted molar refractivity (Wildman–Crippen MR) is 119 cm³/mol. The van der Waals surface area contributed by atoms with Crippen molar-refractivity contribution in [3.05, 3.63) is 70.9 Å². The fourth-order valence-electron chi connectivity index (χ4n) is 4.61. The van der Waals surface area contributed by atoms with Crippen molar-refractivity contribution in [3.8, 4) is 5.75 Å². The molecule has 0 saturated carbocycles. The molecule has 1 saturated heterocycles. The molecule has 1 amide bonds. The number of hydrogen-bond donors (Lipinski definition) is 2. The molecule has 0 spiro atoms. The average Bonchev–Trinajstić information content (AvgIpc) is 3.35. The number of aromatic amines is 1. The number of carbonyl (C=O) groups is 2. The van der Waals surface area contributed by atoms with Crippen LogP contribution >= 0.6 is 0 Å². The summed E-state index contributed by atoms with van der Waals surface area (Å²) >= 11 is 0. The van der Waals surface area contributed by atoms with Crippen LogP contribution < -0.4 is 4.74 Å². The number of nitrogens with one attached hydrogen (secondary N) is 1. The second-order valence-electron chi connectivity index (χ2n) is 8.05. The molecule has 7 heteroatoms. The highest BCUT2D eigenvalue weighted by Crippen LogP contribution is 2.42. The Morgan fingerprint density at radius 3 is 2.94 bits per heavy atom. The molecule has 1 atom stereocenters.